The van der Waals surface area contributed by atoms with Crippen LogP contribution in [0.1, 0.15) is 47.5 Å². The predicted molar refractivity (Wildman–Crippen MR) is 112 cm³/mol. The first-order valence-corrected chi connectivity index (χ1v) is 10.5. The summed E-state index contributed by atoms with van der Waals surface area (Å²) in [5, 5.41) is 0. The van der Waals surface area contributed by atoms with Crippen LogP contribution in [0.4, 0.5) is 0 Å². The zero-order valence-corrected chi connectivity index (χ0v) is 16.7. The topological polar surface area (TPSA) is 32.8 Å². The van der Waals surface area contributed by atoms with Crippen molar-refractivity contribution in [3.05, 3.63) is 65.7 Å². The van der Waals surface area contributed by atoms with Crippen LogP contribution in [0, 0.1) is 0 Å². The summed E-state index contributed by atoms with van der Waals surface area (Å²) >= 11 is 0. The van der Waals surface area contributed by atoms with Gasteiger partial charge in [0, 0.05) is 32.2 Å². The van der Waals surface area contributed by atoms with Crippen molar-refractivity contribution in [3.8, 4) is 5.75 Å². The quantitative estimate of drug-likeness (QED) is 0.800. The number of piperazine rings is 1. The molecule has 0 bridgehead atoms. The van der Waals surface area contributed by atoms with Gasteiger partial charge in [-0.05, 0) is 49.3 Å². The van der Waals surface area contributed by atoms with Crippen molar-refractivity contribution in [2.24, 2.45) is 0 Å². The molecular weight excluding hydrogens is 348 g/mol. The molecular formula is C24H30N2O2. The van der Waals surface area contributed by atoms with Crippen LogP contribution in [0.2, 0.25) is 0 Å². The van der Waals surface area contributed by atoms with Crippen LogP contribution in [0.3, 0.4) is 0 Å². The second kappa shape index (κ2) is 8.78. The van der Waals surface area contributed by atoms with Gasteiger partial charge in [-0.2, -0.15) is 0 Å². The van der Waals surface area contributed by atoms with E-state index in [0.717, 1.165) is 26.2 Å². The van der Waals surface area contributed by atoms with E-state index in [1.807, 2.05) is 29.2 Å². The van der Waals surface area contributed by atoms with Gasteiger partial charge in [-0.1, -0.05) is 42.5 Å². The number of ether oxygens (including phenoxy) is 1. The number of para-hydroxylation sites is 1. The summed E-state index contributed by atoms with van der Waals surface area (Å²) in [7, 11) is 1.62. The Kier molecular flexibility index (Phi) is 5.96. The summed E-state index contributed by atoms with van der Waals surface area (Å²) in [6, 6.07) is 19.1. The summed E-state index contributed by atoms with van der Waals surface area (Å²) in [4.78, 5) is 17.5. The molecule has 4 rings (SSSR count). The molecule has 0 spiro atoms. The zero-order chi connectivity index (χ0) is 19.3. The number of hydrogen-bond acceptors (Lipinski definition) is 3. The van der Waals surface area contributed by atoms with Crippen LogP contribution in [-0.4, -0.2) is 55.0 Å². The summed E-state index contributed by atoms with van der Waals surface area (Å²) in [5.41, 5.74) is 2.16. The monoisotopic (exact) mass is 378 g/mol. The van der Waals surface area contributed by atoms with Crippen molar-refractivity contribution in [3.63, 3.8) is 0 Å². The maximum absolute atomic E-state index is 12.9. The van der Waals surface area contributed by atoms with Gasteiger partial charge < -0.3 is 9.64 Å². The van der Waals surface area contributed by atoms with Crippen molar-refractivity contribution >= 4 is 5.91 Å². The number of methoxy groups -OCH3 is 1. The van der Waals surface area contributed by atoms with Gasteiger partial charge in [0.15, 0.2) is 0 Å². The molecule has 1 amide bonds. The first-order valence-electron chi connectivity index (χ1n) is 10.5. The molecule has 0 radical (unpaired) electrons. The van der Waals surface area contributed by atoms with Crippen molar-refractivity contribution in [1.29, 1.82) is 0 Å². The Labute approximate surface area is 168 Å². The van der Waals surface area contributed by atoms with E-state index in [-0.39, 0.29) is 5.91 Å². The Hall–Kier alpha value is -2.33. The summed E-state index contributed by atoms with van der Waals surface area (Å²) in [5.74, 6) is 1.46. The Morgan fingerprint density at radius 1 is 0.857 bits per heavy atom. The minimum Gasteiger partial charge on any atom is -0.496 e. The van der Waals surface area contributed by atoms with Crippen LogP contribution >= 0.6 is 0 Å². The lowest BCUT2D eigenvalue weighted by Crippen LogP contribution is -2.52. The van der Waals surface area contributed by atoms with E-state index < -0.39 is 0 Å². The molecule has 2 fully saturated rings. The normalized spacial score (nSPS) is 23.4. The Morgan fingerprint density at radius 3 is 2.18 bits per heavy atom. The third-order valence-electron chi connectivity index (χ3n) is 6.42. The molecule has 2 aromatic carbocycles. The first-order chi connectivity index (χ1) is 13.8. The number of nitrogens with zero attached hydrogens (tertiary/aromatic N) is 2. The highest BCUT2D eigenvalue weighted by Crippen LogP contribution is 2.35. The van der Waals surface area contributed by atoms with Gasteiger partial charge in [0.1, 0.15) is 5.75 Å². The van der Waals surface area contributed by atoms with Gasteiger partial charge in [-0.25, -0.2) is 0 Å². The van der Waals surface area contributed by atoms with Crippen LogP contribution in [-0.2, 0) is 0 Å². The molecule has 1 heterocycles. The SMILES string of the molecule is COc1ccccc1C(=O)N1CCN(C2CCC(c3ccccc3)CC2)CC1. The number of benzene rings is 2. The second-order valence-electron chi connectivity index (χ2n) is 7.94. The molecule has 148 valence electrons. The minimum absolute atomic E-state index is 0.0879. The molecule has 1 saturated carbocycles. The lowest BCUT2D eigenvalue weighted by atomic mass is 9.81. The molecule has 2 aliphatic rings. The fourth-order valence-corrected chi connectivity index (χ4v) is 4.78. The number of carbonyl (C=O) groups is 1. The highest BCUT2D eigenvalue weighted by Gasteiger charge is 2.30. The van der Waals surface area contributed by atoms with E-state index in [4.69, 9.17) is 4.74 Å². The first kappa shape index (κ1) is 19.0. The Balaban J connectivity index is 1.29. The summed E-state index contributed by atoms with van der Waals surface area (Å²) in [6.45, 7) is 3.55. The van der Waals surface area contributed by atoms with Crippen molar-refractivity contribution < 1.29 is 9.53 Å². The Bertz CT molecular complexity index is 776. The average molecular weight is 379 g/mol. The third-order valence-corrected chi connectivity index (χ3v) is 6.42. The van der Waals surface area contributed by atoms with Gasteiger partial charge >= 0.3 is 0 Å². The van der Waals surface area contributed by atoms with Gasteiger partial charge in [-0.15, -0.1) is 0 Å². The van der Waals surface area contributed by atoms with Crippen LogP contribution in [0.25, 0.3) is 0 Å². The molecule has 4 heteroatoms. The summed E-state index contributed by atoms with van der Waals surface area (Å²) in [6.07, 6.45) is 5.07. The summed E-state index contributed by atoms with van der Waals surface area (Å²) < 4.78 is 5.36. The average Bonchev–Trinajstić information content (AvgIpc) is 2.79. The van der Waals surface area contributed by atoms with Crippen molar-refractivity contribution in [1.82, 2.24) is 9.80 Å². The molecule has 2 aromatic rings. The van der Waals surface area contributed by atoms with E-state index in [1.165, 1.54) is 31.2 Å². The fraction of sp³-hybridized carbons (Fsp3) is 0.458. The lowest BCUT2D eigenvalue weighted by molar-refractivity contribution is 0.0512. The molecule has 0 aromatic heterocycles. The molecule has 0 atom stereocenters. The van der Waals surface area contributed by atoms with E-state index >= 15 is 0 Å². The minimum atomic E-state index is 0.0879. The number of hydrogen-bond donors (Lipinski definition) is 0. The Morgan fingerprint density at radius 2 is 1.50 bits per heavy atom. The molecule has 28 heavy (non-hydrogen) atoms. The van der Waals surface area contributed by atoms with Gasteiger partial charge in [-0.3, -0.25) is 9.69 Å². The van der Waals surface area contributed by atoms with Crippen LogP contribution in [0.15, 0.2) is 54.6 Å². The molecule has 0 unspecified atom stereocenters. The fourth-order valence-electron chi connectivity index (χ4n) is 4.78. The highest BCUT2D eigenvalue weighted by atomic mass is 16.5. The zero-order valence-electron chi connectivity index (χ0n) is 16.7. The molecule has 1 saturated heterocycles. The molecule has 1 aliphatic heterocycles. The smallest absolute Gasteiger partial charge is 0.257 e. The van der Waals surface area contributed by atoms with Gasteiger partial charge in [0.2, 0.25) is 0 Å². The van der Waals surface area contributed by atoms with E-state index in [1.54, 1.807) is 7.11 Å². The highest BCUT2D eigenvalue weighted by molar-refractivity contribution is 5.97. The second-order valence-corrected chi connectivity index (χ2v) is 7.94. The number of carbonyl (C=O) groups excluding carboxylic acids is 1. The number of amides is 1. The van der Waals surface area contributed by atoms with Crippen LogP contribution in [0.5, 0.6) is 5.75 Å². The van der Waals surface area contributed by atoms with E-state index in [9.17, 15) is 4.79 Å². The predicted octanol–water partition coefficient (Wildman–Crippen LogP) is 4.18. The lowest BCUT2D eigenvalue weighted by Gasteiger charge is -2.42. The van der Waals surface area contributed by atoms with Crippen molar-refractivity contribution in [2.75, 3.05) is 33.3 Å². The van der Waals surface area contributed by atoms with E-state index in [2.05, 4.69) is 35.2 Å². The molecule has 0 N–H and O–H groups in total. The van der Waals surface area contributed by atoms with Crippen molar-refractivity contribution in [2.45, 2.75) is 37.6 Å². The van der Waals surface area contributed by atoms with Crippen LogP contribution < -0.4 is 4.74 Å². The third kappa shape index (κ3) is 4.07. The maximum Gasteiger partial charge on any atom is 0.257 e. The molecule has 1 aliphatic carbocycles. The largest absolute Gasteiger partial charge is 0.496 e. The van der Waals surface area contributed by atoms with Gasteiger partial charge in [0.25, 0.3) is 5.91 Å². The van der Waals surface area contributed by atoms with Gasteiger partial charge in [0.05, 0.1) is 12.7 Å². The molecule has 4 nitrogen and oxygen atoms in total. The maximum atomic E-state index is 12.9. The van der Waals surface area contributed by atoms with E-state index in [0.29, 0.717) is 23.3 Å². The standard InChI is InChI=1S/C24H30N2O2/c1-28-23-10-6-5-9-22(23)24(27)26-17-15-25(16-18-26)21-13-11-20(12-14-21)19-7-3-2-4-8-19/h2-10,20-21H,11-18H2,1H3. The number of rotatable bonds is 4.